The van der Waals surface area contributed by atoms with E-state index < -0.39 is 18.0 Å². The van der Waals surface area contributed by atoms with Gasteiger partial charge in [-0.3, -0.25) is 5.10 Å². The van der Waals surface area contributed by atoms with E-state index in [4.69, 9.17) is 5.11 Å². The van der Waals surface area contributed by atoms with Gasteiger partial charge in [0.2, 0.25) is 0 Å². The maximum atomic E-state index is 12.1. The van der Waals surface area contributed by atoms with Crippen molar-refractivity contribution in [2.75, 3.05) is 0 Å². The summed E-state index contributed by atoms with van der Waals surface area (Å²) in [5.74, 6) is 0. The molecule has 1 unspecified atom stereocenters. The van der Waals surface area contributed by atoms with Crippen LogP contribution in [-0.4, -0.2) is 15.3 Å². The molecule has 1 heterocycles. The van der Waals surface area contributed by atoms with E-state index in [-0.39, 0.29) is 10.2 Å². The summed E-state index contributed by atoms with van der Waals surface area (Å²) in [6.07, 6.45) is -5.53. The smallest absolute Gasteiger partial charge is 0.387 e. The van der Waals surface area contributed by atoms with Crippen molar-refractivity contribution in [3.63, 3.8) is 0 Å². The van der Waals surface area contributed by atoms with Gasteiger partial charge in [0, 0.05) is 0 Å². The Bertz CT molecular complexity index is 307. The fourth-order valence-electron chi connectivity index (χ4n) is 0.806. The van der Waals surface area contributed by atoms with Gasteiger partial charge >= 0.3 is 6.18 Å². The minimum Gasteiger partial charge on any atom is -0.387 e. The number of halogens is 4. The normalized spacial score (nSPS) is 14.6. The molecule has 7 heteroatoms. The van der Waals surface area contributed by atoms with Crippen molar-refractivity contribution in [2.45, 2.75) is 19.2 Å². The molecule has 0 bridgehead atoms. The zero-order valence-electron chi connectivity index (χ0n) is 6.48. The number of aliphatic hydroxyl groups excluding tert-OH is 1. The molecule has 13 heavy (non-hydrogen) atoms. The quantitative estimate of drug-likeness (QED) is 0.812. The average Bonchev–Trinajstić information content (AvgIpc) is 2.28. The molecule has 0 radical (unpaired) electrons. The molecule has 1 atom stereocenters. The molecule has 1 aromatic rings. The predicted molar refractivity (Wildman–Crippen MR) is 41.9 cm³/mol. The van der Waals surface area contributed by atoms with Gasteiger partial charge in [0.1, 0.15) is 0 Å². The number of rotatable bonds is 1. The number of hydrogen-bond acceptors (Lipinski definition) is 2. The zero-order valence-corrected chi connectivity index (χ0v) is 8.07. The highest BCUT2D eigenvalue weighted by molar-refractivity contribution is 9.10. The number of aromatic amines is 1. The maximum Gasteiger partial charge on any atom is 0.436 e. The Morgan fingerprint density at radius 2 is 2.08 bits per heavy atom. The van der Waals surface area contributed by atoms with Gasteiger partial charge in [0.05, 0.1) is 16.3 Å². The Labute approximate surface area is 80.1 Å². The predicted octanol–water partition coefficient (Wildman–Crippen LogP) is 2.24. The first-order valence-electron chi connectivity index (χ1n) is 3.33. The third kappa shape index (κ3) is 2.02. The van der Waals surface area contributed by atoms with Crippen LogP contribution in [0.3, 0.4) is 0 Å². The van der Waals surface area contributed by atoms with Crippen molar-refractivity contribution in [1.29, 1.82) is 0 Å². The van der Waals surface area contributed by atoms with Crippen LogP contribution in [0.4, 0.5) is 13.2 Å². The minimum absolute atomic E-state index is 0.0207. The molecule has 74 valence electrons. The fraction of sp³-hybridized carbons (Fsp3) is 0.500. The van der Waals surface area contributed by atoms with Crippen LogP contribution < -0.4 is 0 Å². The fourth-order valence-corrected chi connectivity index (χ4v) is 1.54. The molecule has 0 aliphatic rings. The van der Waals surface area contributed by atoms with E-state index in [1.54, 1.807) is 0 Å². The van der Waals surface area contributed by atoms with Crippen LogP contribution in [0.1, 0.15) is 24.4 Å². The molecular weight excluding hydrogens is 253 g/mol. The lowest BCUT2D eigenvalue weighted by molar-refractivity contribution is -0.141. The third-order valence-electron chi connectivity index (χ3n) is 1.42. The molecule has 2 N–H and O–H groups in total. The highest BCUT2D eigenvalue weighted by atomic mass is 79.9. The molecule has 1 aromatic heterocycles. The third-order valence-corrected chi connectivity index (χ3v) is 2.22. The van der Waals surface area contributed by atoms with Crippen LogP contribution in [-0.2, 0) is 6.18 Å². The number of hydrogen-bond donors (Lipinski definition) is 2. The van der Waals surface area contributed by atoms with Crippen molar-refractivity contribution in [1.82, 2.24) is 10.2 Å². The second-order valence-electron chi connectivity index (χ2n) is 2.47. The van der Waals surface area contributed by atoms with Gasteiger partial charge in [-0.15, -0.1) is 0 Å². The first-order valence-corrected chi connectivity index (χ1v) is 4.12. The summed E-state index contributed by atoms with van der Waals surface area (Å²) >= 11 is 2.71. The van der Waals surface area contributed by atoms with E-state index in [1.807, 2.05) is 0 Å². The highest BCUT2D eigenvalue weighted by Gasteiger charge is 2.37. The van der Waals surface area contributed by atoms with Gasteiger partial charge in [0.25, 0.3) is 0 Å². The lowest BCUT2D eigenvalue weighted by Gasteiger charge is -2.03. The molecule has 0 saturated heterocycles. The summed E-state index contributed by atoms with van der Waals surface area (Å²) in [7, 11) is 0. The van der Waals surface area contributed by atoms with Crippen LogP contribution in [0.25, 0.3) is 0 Å². The SMILES string of the molecule is CC(O)c1[nH]nc(C(F)(F)F)c1Br. The topological polar surface area (TPSA) is 48.9 Å². The van der Waals surface area contributed by atoms with Crippen molar-refractivity contribution in [2.24, 2.45) is 0 Å². The zero-order chi connectivity index (χ0) is 10.2. The Kier molecular flexibility index (Phi) is 2.67. The van der Waals surface area contributed by atoms with Crippen LogP contribution in [0.15, 0.2) is 4.47 Å². The van der Waals surface area contributed by atoms with E-state index >= 15 is 0 Å². The van der Waals surface area contributed by atoms with Gasteiger partial charge in [0.15, 0.2) is 5.69 Å². The average molecular weight is 259 g/mol. The monoisotopic (exact) mass is 258 g/mol. The van der Waals surface area contributed by atoms with E-state index in [1.165, 1.54) is 6.92 Å². The van der Waals surface area contributed by atoms with Crippen LogP contribution >= 0.6 is 15.9 Å². The second-order valence-corrected chi connectivity index (χ2v) is 3.27. The summed E-state index contributed by atoms with van der Waals surface area (Å²) in [5.41, 5.74) is -1.03. The molecular formula is C6H6BrF3N2O. The largest absolute Gasteiger partial charge is 0.436 e. The van der Waals surface area contributed by atoms with Crippen molar-refractivity contribution >= 4 is 15.9 Å². The van der Waals surface area contributed by atoms with Gasteiger partial charge in [-0.1, -0.05) is 0 Å². The van der Waals surface area contributed by atoms with Gasteiger partial charge in [-0.25, -0.2) is 0 Å². The van der Waals surface area contributed by atoms with Gasteiger partial charge < -0.3 is 5.11 Å². The van der Waals surface area contributed by atoms with Crippen LogP contribution in [0, 0.1) is 0 Å². The van der Waals surface area contributed by atoms with E-state index in [0.29, 0.717) is 0 Å². The van der Waals surface area contributed by atoms with E-state index in [9.17, 15) is 13.2 Å². The highest BCUT2D eigenvalue weighted by Crippen LogP contribution is 2.36. The Hall–Kier alpha value is -0.560. The summed E-state index contributed by atoms with van der Waals surface area (Å²) in [6, 6.07) is 0. The van der Waals surface area contributed by atoms with Crippen molar-refractivity contribution < 1.29 is 18.3 Å². The summed E-state index contributed by atoms with van der Waals surface area (Å²) in [4.78, 5) is 0. The lowest BCUT2D eigenvalue weighted by atomic mass is 10.2. The number of aromatic nitrogens is 2. The Morgan fingerprint density at radius 3 is 2.31 bits per heavy atom. The Balaban J connectivity index is 3.14. The molecule has 0 aromatic carbocycles. The molecule has 0 fully saturated rings. The Morgan fingerprint density at radius 1 is 1.54 bits per heavy atom. The summed E-state index contributed by atoms with van der Waals surface area (Å²) < 4.78 is 36.2. The van der Waals surface area contributed by atoms with Crippen molar-refractivity contribution in [3.8, 4) is 0 Å². The van der Waals surface area contributed by atoms with Gasteiger partial charge in [-0.2, -0.15) is 18.3 Å². The number of nitrogens with one attached hydrogen (secondary N) is 1. The lowest BCUT2D eigenvalue weighted by Crippen LogP contribution is -2.06. The number of aliphatic hydroxyl groups is 1. The number of H-pyrrole nitrogens is 1. The van der Waals surface area contributed by atoms with E-state index in [2.05, 4.69) is 26.1 Å². The molecule has 3 nitrogen and oxygen atoms in total. The first-order chi connectivity index (χ1) is 5.84. The number of alkyl halides is 3. The maximum absolute atomic E-state index is 12.1. The van der Waals surface area contributed by atoms with Gasteiger partial charge in [-0.05, 0) is 22.9 Å². The minimum atomic E-state index is -4.51. The molecule has 1 rings (SSSR count). The summed E-state index contributed by atoms with van der Waals surface area (Å²) in [6.45, 7) is 1.35. The molecule has 0 aliphatic carbocycles. The number of nitrogens with zero attached hydrogens (tertiary/aromatic N) is 1. The van der Waals surface area contributed by atoms with Crippen LogP contribution in [0.2, 0.25) is 0 Å². The van der Waals surface area contributed by atoms with Crippen molar-refractivity contribution in [3.05, 3.63) is 15.9 Å². The van der Waals surface area contributed by atoms with Crippen LogP contribution in [0.5, 0.6) is 0 Å². The standard InChI is InChI=1S/C6H6BrF3N2O/c1-2(13)4-3(7)5(12-11-4)6(8,9)10/h2,13H,1H3,(H,11,12). The molecule has 0 amide bonds. The first kappa shape index (κ1) is 10.5. The van der Waals surface area contributed by atoms with E-state index in [0.717, 1.165) is 0 Å². The molecule has 0 saturated carbocycles. The second kappa shape index (κ2) is 3.30. The summed E-state index contributed by atoms with van der Waals surface area (Å²) in [5, 5.41) is 14.2. The molecule has 0 spiro atoms. The molecule has 0 aliphatic heterocycles.